The topological polar surface area (TPSA) is 17.1 Å². The largest absolute Gasteiger partial charge is 0.294 e. The minimum atomic E-state index is 0.206. The van der Waals surface area contributed by atoms with Crippen molar-refractivity contribution >= 4 is 27.2 Å². The van der Waals surface area contributed by atoms with Gasteiger partial charge < -0.3 is 0 Å². The van der Waals surface area contributed by atoms with Crippen LogP contribution >= 0.6 is 11.3 Å². The third-order valence-electron chi connectivity index (χ3n) is 3.39. The molecule has 0 N–H and O–H groups in total. The maximum Gasteiger partial charge on any atom is 0.167 e. The lowest BCUT2D eigenvalue weighted by atomic mass is 9.90. The van der Waals surface area contributed by atoms with Gasteiger partial charge >= 0.3 is 0 Å². The molecule has 18 heavy (non-hydrogen) atoms. The number of fused-ring (bicyclic) bond motifs is 1. The van der Waals surface area contributed by atoms with Crippen molar-refractivity contribution in [3.8, 4) is 0 Å². The molecular formula is C16H20OS. The monoisotopic (exact) mass is 260 g/mol. The second-order valence-electron chi connectivity index (χ2n) is 4.78. The number of benzene rings is 1. The first-order valence-electron chi connectivity index (χ1n) is 6.78. The van der Waals surface area contributed by atoms with Gasteiger partial charge in [-0.25, -0.2) is 0 Å². The first-order valence-corrected chi connectivity index (χ1v) is 7.66. The van der Waals surface area contributed by atoms with Crippen LogP contribution in [0.15, 0.2) is 29.6 Å². The van der Waals surface area contributed by atoms with E-state index in [0.29, 0.717) is 5.78 Å². The van der Waals surface area contributed by atoms with E-state index in [1.54, 1.807) is 11.3 Å². The number of rotatable bonds is 6. The Balaban J connectivity index is 2.31. The van der Waals surface area contributed by atoms with Gasteiger partial charge in [-0.3, -0.25) is 4.79 Å². The van der Waals surface area contributed by atoms with Crippen LogP contribution in [0.25, 0.3) is 10.1 Å². The highest BCUT2D eigenvalue weighted by atomic mass is 32.1. The Morgan fingerprint density at radius 3 is 2.50 bits per heavy atom. The number of ketones is 1. The summed E-state index contributed by atoms with van der Waals surface area (Å²) < 4.78 is 1.22. The van der Waals surface area contributed by atoms with E-state index in [1.165, 1.54) is 4.70 Å². The van der Waals surface area contributed by atoms with Crippen molar-refractivity contribution in [2.45, 2.75) is 39.5 Å². The van der Waals surface area contributed by atoms with Gasteiger partial charge in [0.1, 0.15) is 0 Å². The molecule has 0 atom stereocenters. The maximum absolute atomic E-state index is 12.6. The molecule has 1 nitrogen and oxygen atoms in total. The molecule has 0 amide bonds. The molecular weight excluding hydrogens is 240 g/mol. The fraction of sp³-hybridized carbons (Fsp3) is 0.438. The van der Waals surface area contributed by atoms with Crippen LogP contribution in [0.3, 0.4) is 0 Å². The standard InChI is InChI=1S/C16H20OS/c1-3-7-12(8-4-2)16(17)14-11-18-15-10-6-5-9-13(14)15/h5-6,9-12H,3-4,7-8H2,1-2H3. The fourth-order valence-corrected chi connectivity index (χ4v) is 3.44. The molecule has 96 valence electrons. The molecule has 0 fully saturated rings. The predicted octanol–water partition coefficient (Wildman–Crippen LogP) is 5.30. The summed E-state index contributed by atoms with van der Waals surface area (Å²) in [5.41, 5.74) is 0.933. The van der Waals surface area contributed by atoms with E-state index < -0.39 is 0 Å². The zero-order chi connectivity index (χ0) is 13.0. The van der Waals surface area contributed by atoms with Gasteiger partial charge in [0.05, 0.1) is 0 Å². The Labute approximate surface area is 113 Å². The molecule has 0 unspecified atom stereocenters. The van der Waals surface area contributed by atoms with Crippen molar-refractivity contribution in [1.29, 1.82) is 0 Å². The molecule has 1 aromatic heterocycles. The summed E-state index contributed by atoms with van der Waals surface area (Å²) >= 11 is 1.68. The van der Waals surface area contributed by atoms with Gasteiger partial charge in [-0.1, -0.05) is 44.9 Å². The molecule has 0 saturated carbocycles. The van der Waals surface area contributed by atoms with Crippen LogP contribution in [-0.2, 0) is 0 Å². The van der Waals surface area contributed by atoms with Crippen LogP contribution in [0.2, 0.25) is 0 Å². The van der Waals surface area contributed by atoms with Crippen LogP contribution in [0.5, 0.6) is 0 Å². The van der Waals surface area contributed by atoms with Gasteiger partial charge in [0, 0.05) is 26.9 Å². The van der Waals surface area contributed by atoms with E-state index in [-0.39, 0.29) is 5.92 Å². The van der Waals surface area contributed by atoms with Crippen molar-refractivity contribution in [1.82, 2.24) is 0 Å². The zero-order valence-corrected chi connectivity index (χ0v) is 11.9. The summed E-state index contributed by atoms with van der Waals surface area (Å²) in [5.74, 6) is 0.550. The average Bonchev–Trinajstić information content (AvgIpc) is 2.81. The highest BCUT2D eigenvalue weighted by Crippen LogP contribution is 2.29. The maximum atomic E-state index is 12.6. The lowest BCUT2D eigenvalue weighted by Crippen LogP contribution is -2.14. The number of thiophene rings is 1. The van der Waals surface area contributed by atoms with Crippen LogP contribution in [0.1, 0.15) is 49.9 Å². The van der Waals surface area contributed by atoms with E-state index in [0.717, 1.165) is 36.6 Å². The molecule has 2 rings (SSSR count). The minimum Gasteiger partial charge on any atom is -0.294 e. The Hall–Kier alpha value is -1.15. The molecule has 0 aliphatic rings. The van der Waals surface area contributed by atoms with Crippen LogP contribution < -0.4 is 0 Å². The normalized spacial score (nSPS) is 11.3. The first kappa shape index (κ1) is 13.3. The van der Waals surface area contributed by atoms with Crippen LogP contribution in [0, 0.1) is 5.92 Å². The van der Waals surface area contributed by atoms with E-state index in [1.807, 2.05) is 17.5 Å². The molecule has 2 aromatic rings. The van der Waals surface area contributed by atoms with Crippen LogP contribution in [-0.4, -0.2) is 5.78 Å². The highest BCUT2D eigenvalue weighted by molar-refractivity contribution is 7.17. The number of hydrogen-bond acceptors (Lipinski definition) is 2. The van der Waals surface area contributed by atoms with E-state index >= 15 is 0 Å². The lowest BCUT2D eigenvalue weighted by molar-refractivity contribution is 0.0907. The fourth-order valence-electron chi connectivity index (χ4n) is 2.49. The van der Waals surface area contributed by atoms with Crippen molar-refractivity contribution < 1.29 is 4.79 Å². The Kier molecular flexibility index (Phi) is 4.54. The summed E-state index contributed by atoms with van der Waals surface area (Å²) in [4.78, 5) is 12.6. The van der Waals surface area contributed by atoms with Gasteiger partial charge in [-0.05, 0) is 18.9 Å². The van der Waals surface area contributed by atoms with Crippen molar-refractivity contribution in [3.05, 3.63) is 35.2 Å². The van der Waals surface area contributed by atoms with E-state index in [4.69, 9.17) is 0 Å². The summed E-state index contributed by atoms with van der Waals surface area (Å²) in [6.07, 6.45) is 4.19. The third-order valence-corrected chi connectivity index (χ3v) is 4.35. The molecule has 0 bridgehead atoms. The van der Waals surface area contributed by atoms with Gasteiger partial charge in [-0.2, -0.15) is 0 Å². The summed E-state index contributed by atoms with van der Waals surface area (Å²) in [6.45, 7) is 4.31. The molecule has 1 heterocycles. The molecule has 0 spiro atoms. The molecule has 0 aliphatic heterocycles. The minimum absolute atomic E-state index is 0.206. The Bertz CT molecular complexity index is 521. The molecule has 2 heteroatoms. The predicted molar refractivity (Wildman–Crippen MR) is 79.5 cm³/mol. The number of carbonyl (C=O) groups is 1. The van der Waals surface area contributed by atoms with Gasteiger partial charge in [0.25, 0.3) is 0 Å². The number of carbonyl (C=O) groups excluding carboxylic acids is 1. The second-order valence-corrected chi connectivity index (χ2v) is 5.70. The van der Waals surface area contributed by atoms with Crippen LogP contribution in [0.4, 0.5) is 0 Å². The molecule has 0 radical (unpaired) electrons. The van der Waals surface area contributed by atoms with Crippen molar-refractivity contribution in [3.63, 3.8) is 0 Å². The molecule has 1 aromatic carbocycles. The summed E-state index contributed by atoms with van der Waals surface area (Å²) in [7, 11) is 0. The van der Waals surface area contributed by atoms with Gasteiger partial charge in [0.2, 0.25) is 0 Å². The highest BCUT2D eigenvalue weighted by Gasteiger charge is 2.21. The number of Topliss-reactive ketones (excluding diaryl/α,β-unsaturated/α-hetero) is 1. The third kappa shape index (κ3) is 2.64. The van der Waals surface area contributed by atoms with Crippen molar-refractivity contribution in [2.24, 2.45) is 5.92 Å². The summed E-state index contributed by atoms with van der Waals surface area (Å²) in [6, 6.07) is 8.20. The van der Waals surface area contributed by atoms with Gasteiger partial charge in [-0.15, -0.1) is 11.3 Å². The smallest absolute Gasteiger partial charge is 0.167 e. The molecule has 0 aliphatic carbocycles. The molecule has 0 saturated heterocycles. The van der Waals surface area contributed by atoms with Gasteiger partial charge in [0.15, 0.2) is 5.78 Å². The lowest BCUT2D eigenvalue weighted by Gasteiger charge is -2.13. The van der Waals surface area contributed by atoms with E-state index in [9.17, 15) is 4.79 Å². The first-order chi connectivity index (χ1) is 8.77. The van der Waals surface area contributed by atoms with E-state index in [2.05, 4.69) is 26.0 Å². The second kappa shape index (κ2) is 6.14. The van der Waals surface area contributed by atoms with Crippen molar-refractivity contribution in [2.75, 3.05) is 0 Å². The quantitative estimate of drug-likeness (QED) is 0.644. The average molecular weight is 260 g/mol. The Morgan fingerprint density at radius 2 is 1.83 bits per heavy atom. The zero-order valence-electron chi connectivity index (χ0n) is 11.1. The SMILES string of the molecule is CCCC(CCC)C(=O)c1csc2ccccc12. The Morgan fingerprint density at radius 1 is 1.17 bits per heavy atom. The summed E-state index contributed by atoms with van der Waals surface area (Å²) in [5, 5.41) is 3.16. The number of hydrogen-bond donors (Lipinski definition) is 0.